The lowest BCUT2D eigenvalue weighted by atomic mass is 10.2. The van der Waals surface area contributed by atoms with E-state index in [4.69, 9.17) is 5.11 Å². The molecule has 2 heterocycles. The lowest BCUT2D eigenvalue weighted by molar-refractivity contribution is -0.136. The Morgan fingerprint density at radius 3 is 2.83 bits per heavy atom. The third kappa shape index (κ3) is 3.37. The predicted molar refractivity (Wildman–Crippen MR) is 91.7 cm³/mol. The minimum atomic E-state index is -1.05. The van der Waals surface area contributed by atoms with E-state index in [0.717, 1.165) is 4.88 Å². The molecule has 0 bridgehead atoms. The lowest BCUT2D eigenvalue weighted by Gasteiger charge is -2.02. The highest BCUT2D eigenvalue weighted by Gasteiger charge is 2.10. The Kier molecular flexibility index (Phi) is 4.08. The van der Waals surface area contributed by atoms with Gasteiger partial charge in [0.15, 0.2) is 0 Å². The highest BCUT2D eigenvalue weighted by molar-refractivity contribution is 7.19. The van der Waals surface area contributed by atoms with E-state index in [1.54, 1.807) is 24.3 Å². The molecule has 0 aliphatic heterocycles. The van der Waals surface area contributed by atoms with Gasteiger partial charge in [0.25, 0.3) is 5.56 Å². The van der Waals surface area contributed by atoms with Crippen molar-refractivity contribution in [2.45, 2.75) is 13.3 Å². The molecule has 0 unspecified atom stereocenters. The fourth-order valence-electron chi connectivity index (χ4n) is 2.32. The lowest BCUT2D eigenvalue weighted by Crippen LogP contribution is -2.20. The van der Waals surface area contributed by atoms with Gasteiger partial charge in [-0.15, -0.1) is 11.3 Å². The van der Waals surface area contributed by atoms with Crippen molar-refractivity contribution >= 4 is 39.5 Å². The normalized spacial score (nSPS) is 11.3. The molecule has 0 radical (unpaired) electrons. The number of nitrogens with zero attached hydrogens (tertiary/aromatic N) is 1. The summed E-state index contributed by atoms with van der Waals surface area (Å²) in [6.45, 7) is 1.64. The monoisotopic (exact) mass is 326 g/mol. The molecule has 23 heavy (non-hydrogen) atoms. The van der Waals surface area contributed by atoms with Crippen LogP contribution in [0.15, 0.2) is 35.1 Å². The van der Waals surface area contributed by atoms with Crippen LogP contribution in [0, 0.1) is 6.92 Å². The molecule has 2 aromatic heterocycles. The van der Waals surface area contributed by atoms with Crippen LogP contribution in [0.1, 0.15) is 22.0 Å². The van der Waals surface area contributed by atoms with Crippen molar-refractivity contribution in [1.82, 2.24) is 9.97 Å². The van der Waals surface area contributed by atoms with Gasteiger partial charge in [0, 0.05) is 20.8 Å². The standard InChI is InChI=1S/C17H14N2O3S/c1-10-13(9-16(20)21)17(22)19-15(18-10)7-6-12-8-11-4-2-3-5-14(11)23-12/h2-8H,9H2,1H3,(H,20,21)(H,18,19,22)/b7-6+. The Balaban J connectivity index is 1.90. The number of rotatable bonds is 4. The molecular formula is C17H14N2O3S. The van der Waals surface area contributed by atoms with Gasteiger partial charge in [-0.25, -0.2) is 4.98 Å². The van der Waals surface area contributed by atoms with E-state index in [1.807, 2.05) is 24.3 Å². The smallest absolute Gasteiger partial charge is 0.308 e. The molecule has 116 valence electrons. The number of aromatic nitrogens is 2. The minimum Gasteiger partial charge on any atom is -0.481 e. The summed E-state index contributed by atoms with van der Waals surface area (Å²) in [7, 11) is 0. The van der Waals surface area contributed by atoms with Gasteiger partial charge < -0.3 is 10.1 Å². The van der Waals surface area contributed by atoms with Crippen LogP contribution < -0.4 is 5.56 Å². The van der Waals surface area contributed by atoms with E-state index in [1.165, 1.54) is 10.1 Å². The fourth-order valence-corrected chi connectivity index (χ4v) is 3.28. The maximum absolute atomic E-state index is 12.0. The van der Waals surface area contributed by atoms with Crippen molar-refractivity contribution in [2.75, 3.05) is 0 Å². The summed E-state index contributed by atoms with van der Waals surface area (Å²) >= 11 is 1.65. The second-order valence-corrected chi connectivity index (χ2v) is 6.22. The SMILES string of the molecule is Cc1nc(/C=C/c2cc3ccccc3s2)[nH]c(=O)c1CC(=O)O. The molecule has 0 amide bonds. The largest absolute Gasteiger partial charge is 0.481 e. The molecule has 0 aliphatic rings. The van der Waals surface area contributed by atoms with Crippen LogP contribution in [0.3, 0.4) is 0 Å². The van der Waals surface area contributed by atoms with Crippen LogP contribution >= 0.6 is 11.3 Å². The zero-order valence-electron chi connectivity index (χ0n) is 12.4. The number of H-pyrrole nitrogens is 1. The first-order valence-electron chi connectivity index (χ1n) is 7.01. The van der Waals surface area contributed by atoms with Gasteiger partial charge in [-0.2, -0.15) is 0 Å². The molecule has 0 saturated heterocycles. The quantitative estimate of drug-likeness (QED) is 0.772. The first-order chi connectivity index (χ1) is 11.0. The van der Waals surface area contributed by atoms with Crippen LogP contribution in [0.25, 0.3) is 22.2 Å². The first kappa shape index (κ1) is 15.2. The maximum atomic E-state index is 12.0. The second-order valence-electron chi connectivity index (χ2n) is 5.11. The molecule has 6 heteroatoms. The number of fused-ring (bicyclic) bond motifs is 1. The summed E-state index contributed by atoms with van der Waals surface area (Å²) in [6.07, 6.45) is 3.29. The van der Waals surface area contributed by atoms with E-state index in [0.29, 0.717) is 11.5 Å². The van der Waals surface area contributed by atoms with Gasteiger partial charge in [-0.1, -0.05) is 18.2 Å². The number of carboxylic acids is 1. The second kappa shape index (κ2) is 6.18. The summed E-state index contributed by atoms with van der Waals surface area (Å²) in [5, 5.41) is 9.99. The Labute approximate surface area is 136 Å². The zero-order valence-corrected chi connectivity index (χ0v) is 13.2. The number of carboxylic acid groups (broad SMARTS) is 1. The Bertz CT molecular complexity index is 936. The number of aliphatic carboxylic acids is 1. The van der Waals surface area contributed by atoms with Crippen LogP contribution in [0.2, 0.25) is 0 Å². The van der Waals surface area contributed by atoms with Crippen molar-refractivity contribution in [3.05, 3.63) is 62.6 Å². The molecule has 1 aromatic carbocycles. The fraction of sp³-hybridized carbons (Fsp3) is 0.118. The predicted octanol–water partition coefficient (Wildman–Crippen LogP) is 3.09. The van der Waals surface area contributed by atoms with Gasteiger partial charge in [-0.3, -0.25) is 9.59 Å². The highest BCUT2D eigenvalue weighted by atomic mass is 32.1. The number of aromatic amines is 1. The Morgan fingerprint density at radius 2 is 2.13 bits per heavy atom. The topological polar surface area (TPSA) is 83.0 Å². The summed E-state index contributed by atoms with van der Waals surface area (Å²) < 4.78 is 1.20. The summed E-state index contributed by atoms with van der Waals surface area (Å²) in [5.74, 6) is -0.631. The van der Waals surface area contributed by atoms with Gasteiger partial charge in [0.1, 0.15) is 5.82 Å². The third-order valence-corrected chi connectivity index (χ3v) is 4.50. The molecule has 3 aromatic rings. The van der Waals surface area contributed by atoms with Crippen LogP contribution in [0.5, 0.6) is 0 Å². The average Bonchev–Trinajstić information content (AvgIpc) is 2.91. The number of benzene rings is 1. The molecular weight excluding hydrogens is 312 g/mol. The first-order valence-corrected chi connectivity index (χ1v) is 7.83. The van der Waals surface area contributed by atoms with Crippen LogP contribution in [-0.2, 0) is 11.2 Å². The van der Waals surface area contributed by atoms with Gasteiger partial charge in [0.2, 0.25) is 0 Å². The number of hydrogen-bond acceptors (Lipinski definition) is 4. The minimum absolute atomic E-state index is 0.191. The van der Waals surface area contributed by atoms with Gasteiger partial charge in [0.05, 0.1) is 6.42 Å². The number of thiophene rings is 1. The van der Waals surface area contributed by atoms with Gasteiger partial charge >= 0.3 is 5.97 Å². The van der Waals surface area contributed by atoms with E-state index in [2.05, 4.69) is 22.1 Å². The molecule has 0 atom stereocenters. The molecule has 5 nitrogen and oxygen atoms in total. The van der Waals surface area contributed by atoms with Crippen LogP contribution in [0.4, 0.5) is 0 Å². The van der Waals surface area contributed by atoms with E-state index in [9.17, 15) is 9.59 Å². The number of nitrogens with one attached hydrogen (secondary N) is 1. The zero-order chi connectivity index (χ0) is 16.4. The highest BCUT2D eigenvalue weighted by Crippen LogP contribution is 2.26. The van der Waals surface area contributed by atoms with Crippen molar-refractivity contribution < 1.29 is 9.90 Å². The van der Waals surface area contributed by atoms with Crippen molar-refractivity contribution in [2.24, 2.45) is 0 Å². The van der Waals surface area contributed by atoms with Gasteiger partial charge in [-0.05, 0) is 36.6 Å². The van der Waals surface area contributed by atoms with Crippen LogP contribution in [-0.4, -0.2) is 21.0 Å². The maximum Gasteiger partial charge on any atom is 0.308 e. The summed E-state index contributed by atoms with van der Waals surface area (Å²) in [6, 6.07) is 10.2. The van der Waals surface area contributed by atoms with Crippen molar-refractivity contribution in [1.29, 1.82) is 0 Å². The number of hydrogen-bond donors (Lipinski definition) is 2. The Morgan fingerprint density at radius 1 is 1.35 bits per heavy atom. The molecule has 0 saturated carbocycles. The summed E-state index contributed by atoms with van der Waals surface area (Å²) in [4.78, 5) is 30.6. The number of aryl methyl sites for hydroxylation is 1. The third-order valence-electron chi connectivity index (χ3n) is 3.42. The van der Waals surface area contributed by atoms with Crippen molar-refractivity contribution in [3.8, 4) is 0 Å². The molecule has 2 N–H and O–H groups in total. The molecule has 0 spiro atoms. The summed E-state index contributed by atoms with van der Waals surface area (Å²) in [5.41, 5.74) is 0.222. The molecule has 0 fully saturated rings. The van der Waals surface area contributed by atoms with E-state index < -0.39 is 11.5 Å². The average molecular weight is 326 g/mol. The Hall–Kier alpha value is -2.73. The number of carbonyl (C=O) groups is 1. The van der Waals surface area contributed by atoms with Crippen molar-refractivity contribution in [3.63, 3.8) is 0 Å². The van der Waals surface area contributed by atoms with E-state index in [-0.39, 0.29) is 12.0 Å². The van der Waals surface area contributed by atoms with E-state index >= 15 is 0 Å². The molecule has 3 rings (SSSR count). The molecule has 0 aliphatic carbocycles.